The molecular formula is C42H67NO11. The molecule has 2 bridgehead atoms. The van der Waals surface area contributed by atoms with Gasteiger partial charge in [0.15, 0.2) is 0 Å². The second-order valence-electron chi connectivity index (χ2n) is 17.0. The van der Waals surface area contributed by atoms with Gasteiger partial charge in [-0.25, -0.2) is 4.79 Å². The van der Waals surface area contributed by atoms with Crippen molar-refractivity contribution in [3.8, 4) is 0 Å². The number of Topliss-reactive ketones (excluding diaryl/α,β-unsaturated/α-hetero) is 2. The number of aliphatic hydroxyl groups is 2. The number of hydrogen-bond acceptors (Lipinski definition) is 11. The van der Waals surface area contributed by atoms with Crippen LogP contribution in [0.3, 0.4) is 0 Å². The maximum absolute atomic E-state index is 14.1. The van der Waals surface area contributed by atoms with Crippen LogP contribution < -0.4 is 0 Å². The summed E-state index contributed by atoms with van der Waals surface area (Å²) in [6.07, 6.45) is 4.75. The van der Waals surface area contributed by atoms with Crippen LogP contribution in [0, 0.1) is 35.5 Å². The average molecular weight is 762 g/mol. The molecule has 2 N–H and O–H groups in total. The van der Waals surface area contributed by atoms with Gasteiger partial charge in [0.05, 0.1) is 24.4 Å². The molecule has 12 nitrogen and oxygen atoms in total. The standard InChI is InChI=1S/C42H67NO11/c1-23-16-24(2)18-35(51-9)38-36(52-10)20-28(6)42(49,54-38)39(46)40(47)43-15-11-12-31(43)41(48)53-37(29(7)33(45)22-32(44)26(4)17-23)27(5)19-30-14-13-25(3)34(21-30)50-8/h17,19,24-26,28-31,33-38,45,49H,11-16,18,20-22H2,1-10H3/b23-17+,27-19+. The van der Waals surface area contributed by atoms with Gasteiger partial charge in [-0.15, -0.1) is 0 Å². The Labute approximate surface area is 322 Å². The summed E-state index contributed by atoms with van der Waals surface area (Å²) in [5.41, 5.74) is 1.73. The molecule has 4 rings (SSSR count). The molecular weight excluding hydrogens is 694 g/mol. The van der Waals surface area contributed by atoms with E-state index in [0.29, 0.717) is 25.2 Å². The lowest BCUT2D eigenvalue weighted by molar-refractivity contribution is -0.302. The van der Waals surface area contributed by atoms with Crippen molar-refractivity contribution < 1.29 is 53.1 Å². The molecule has 0 spiro atoms. The van der Waals surface area contributed by atoms with Crippen LogP contribution >= 0.6 is 0 Å². The van der Waals surface area contributed by atoms with Gasteiger partial charge in [0, 0.05) is 52.0 Å². The van der Waals surface area contributed by atoms with Crippen LogP contribution in [-0.4, -0.2) is 115 Å². The van der Waals surface area contributed by atoms with Crippen molar-refractivity contribution in [3.63, 3.8) is 0 Å². The van der Waals surface area contributed by atoms with Gasteiger partial charge in [-0.1, -0.05) is 52.3 Å². The van der Waals surface area contributed by atoms with E-state index in [2.05, 4.69) is 19.9 Å². The van der Waals surface area contributed by atoms with E-state index in [0.717, 1.165) is 30.4 Å². The third-order valence-corrected chi connectivity index (χ3v) is 12.7. The Morgan fingerprint density at radius 1 is 0.907 bits per heavy atom. The van der Waals surface area contributed by atoms with Crippen molar-refractivity contribution in [2.24, 2.45) is 35.5 Å². The van der Waals surface area contributed by atoms with Gasteiger partial charge in [0.2, 0.25) is 5.79 Å². The van der Waals surface area contributed by atoms with Crippen LogP contribution in [0.15, 0.2) is 23.3 Å². The molecule has 1 saturated carbocycles. The molecule has 54 heavy (non-hydrogen) atoms. The minimum atomic E-state index is -2.48. The molecule has 0 aromatic rings. The van der Waals surface area contributed by atoms with Gasteiger partial charge in [0.25, 0.3) is 11.7 Å². The molecule has 3 heterocycles. The Morgan fingerprint density at radius 2 is 1.56 bits per heavy atom. The fraction of sp³-hybridized carbons (Fsp3) is 0.810. The van der Waals surface area contributed by atoms with Crippen LogP contribution in [0.4, 0.5) is 0 Å². The topological polar surface area (TPSA) is 158 Å². The molecule has 306 valence electrons. The van der Waals surface area contributed by atoms with Crippen molar-refractivity contribution >= 4 is 23.4 Å². The Morgan fingerprint density at radius 3 is 2.20 bits per heavy atom. The summed E-state index contributed by atoms with van der Waals surface area (Å²) in [6, 6.07) is -1.09. The fourth-order valence-corrected chi connectivity index (χ4v) is 9.24. The zero-order valence-corrected chi connectivity index (χ0v) is 34.2. The number of cyclic esters (lactones) is 1. The third-order valence-electron chi connectivity index (χ3n) is 12.7. The van der Waals surface area contributed by atoms with E-state index in [1.807, 2.05) is 26.8 Å². The van der Waals surface area contributed by atoms with Gasteiger partial charge in [-0.2, -0.15) is 0 Å². The number of esters is 1. The van der Waals surface area contributed by atoms with Crippen molar-refractivity contribution in [3.05, 3.63) is 23.3 Å². The summed E-state index contributed by atoms with van der Waals surface area (Å²) >= 11 is 0. The number of carbonyl (C=O) groups is 4. The summed E-state index contributed by atoms with van der Waals surface area (Å²) in [7, 11) is 4.79. The van der Waals surface area contributed by atoms with Crippen LogP contribution in [0.25, 0.3) is 0 Å². The number of ketones is 2. The highest BCUT2D eigenvalue weighted by Crippen LogP contribution is 2.39. The van der Waals surface area contributed by atoms with Crippen molar-refractivity contribution in [1.82, 2.24) is 4.90 Å². The number of methoxy groups -OCH3 is 3. The van der Waals surface area contributed by atoms with E-state index in [1.54, 1.807) is 21.0 Å². The highest BCUT2D eigenvalue weighted by molar-refractivity contribution is 6.39. The quantitative estimate of drug-likeness (QED) is 0.222. The Hall–Kier alpha value is -2.48. The number of nitrogens with zero attached hydrogens (tertiary/aromatic N) is 1. The van der Waals surface area contributed by atoms with Crippen LogP contribution in [0.2, 0.25) is 0 Å². The van der Waals surface area contributed by atoms with Crippen molar-refractivity contribution in [1.29, 1.82) is 0 Å². The Bertz CT molecular complexity index is 1400. The Kier molecular flexibility index (Phi) is 15.7. The number of rotatable bonds is 5. The maximum Gasteiger partial charge on any atom is 0.329 e. The second kappa shape index (κ2) is 19.1. The molecule has 4 aliphatic rings. The highest BCUT2D eigenvalue weighted by Gasteiger charge is 2.57. The molecule has 2 saturated heterocycles. The van der Waals surface area contributed by atoms with E-state index < -0.39 is 77.8 Å². The first kappa shape index (κ1) is 44.2. The monoisotopic (exact) mass is 761 g/mol. The minimum absolute atomic E-state index is 0.0506. The summed E-state index contributed by atoms with van der Waals surface area (Å²) in [5.74, 6) is -6.78. The number of hydrogen-bond donors (Lipinski definition) is 2. The zero-order chi connectivity index (χ0) is 40.1. The number of ether oxygens (including phenoxy) is 5. The first-order valence-corrected chi connectivity index (χ1v) is 20.1. The SMILES string of the molecule is COC1CC(/C=C(\C)C2OC(=O)C3CCCN3C(=O)C(=O)C3(O)OC(C(OC)CC(C)C/C(C)=C/C(C)C(=O)CC(O)C2C)C(OC)CC3C)CCC1C. The normalized spacial score (nSPS) is 42.4. The first-order valence-electron chi connectivity index (χ1n) is 20.1. The van der Waals surface area contributed by atoms with E-state index in [4.69, 9.17) is 23.7 Å². The van der Waals surface area contributed by atoms with Gasteiger partial charge in [-0.05, 0) is 88.5 Å². The summed E-state index contributed by atoms with van der Waals surface area (Å²) in [4.78, 5) is 56.9. The number of amides is 1. The van der Waals surface area contributed by atoms with E-state index in [-0.39, 0.29) is 49.5 Å². The molecule has 0 radical (unpaired) electrons. The lowest BCUT2D eigenvalue weighted by Gasteiger charge is -2.46. The summed E-state index contributed by atoms with van der Waals surface area (Å²) in [5, 5.41) is 23.5. The maximum atomic E-state index is 14.1. The molecule has 1 aliphatic carbocycles. The number of fused-ring (bicyclic) bond motifs is 3. The second-order valence-corrected chi connectivity index (χ2v) is 17.0. The first-order chi connectivity index (χ1) is 25.4. The van der Waals surface area contributed by atoms with Crippen molar-refractivity contribution in [2.45, 2.75) is 155 Å². The predicted molar refractivity (Wildman–Crippen MR) is 202 cm³/mol. The van der Waals surface area contributed by atoms with Crippen molar-refractivity contribution in [2.75, 3.05) is 27.9 Å². The van der Waals surface area contributed by atoms with Crippen LogP contribution in [0.1, 0.15) is 106 Å². The van der Waals surface area contributed by atoms with E-state index in [1.165, 1.54) is 19.1 Å². The van der Waals surface area contributed by atoms with E-state index in [9.17, 15) is 29.4 Å². The fourth-order valence-electron chi connectivity index (χ4n) is 9.24. The van der Waals surface area contributed by atoms with Crippen LogP contribution in [0.5, 0.6) is 0 Å². The zero-order valence-electron chi connectivity index (χ0n) is 34.2. The molecule has 0 aromatic carbocycles. The minimum Gasteiger partial charge on any atom is -0.456 e. The largest absolute Gasteiger partial charge is 0.456 e. The predicted octanol–water partition coefficient (Wildman–Crippen LogP) is 4.97. The molecule has 14 unspecified atom stereocenters. The van der Waals surface area contributed by atoms with Gasteiger partial charge in [-0.3, -0.25) is 14.4 Å². The number of allylic oxidation sites excluding steroid dienone is 3. The average Bonchev–Trinajstić information content (AvgIpc) is 3.63. The van der Waals surface area contributed by atoms with Gasteiger partial charge in [0.1, 0.15) is 24.0 Å². The molecule has 14 atom stereocenters. The van der Waals surface area contributed by atoms with Crippen LogP contribution in [-0.2, 0) is 42.9 Å². The smallest absolute Gasteiger partial charge is 0.329 e. The van der Waals surface area contributed by atoms with Gasteiger partial charge >= 0.3 is 5.97 Å². The number of carbonyl (C=O) groups excluding carboxylic acids is 4. The van der Waals surface area contributed by atoms with E-state index >= 15 is 0 Å². The molecule has 3 fully saturated rings. The molecule has 12 heteroatoms. The summed E-state index contributed by atoms with van der Waals surface area (Å²) < 4.78 is 29.8. The number of aliphatic hydroxyl groups excluding tert-OH is 1. The molecule has 1 amide bonds. The molecule has 0 aromatic heterocycles. The third kappa shape index (κ3) is 10.1. The molecule has 3 aliphatic heterocycles. The Balaban J connectivity index is 1.73. The summed E-state index contributed by atoms with van der Waals surface area (Å²) in [6.45, 7) is 13.4. The highest BCUT2D eigenvalue weighted by atomic mass is 16.7. The van der Waals surface area contributed by atoms with Gasteiger partial charge < -0.3 is 38.8 Å². The lowest BCUT2D eigenvalue weighted by atomic mass is 9.79. The lowest BCUT2D eigenvalue weighted by Crippen LogP contribution is -2.63.